The van der Waals surface area contributed by atoms with Gasteiger partial charge in [-0.15, -0.1) is 0 Å². The summed E-state index contributed by atoms with van der Waals surface area (Å²) in [5.41, 5.74) is 2.29. The lowest BCUT2D eigenvalue weighted by atomic mass is 10.2. The van der Waals surface area contributed by atoms with Gasteiger partial charge in [0, 0.05) is 13.6 Å². The van der Waals surface area contributed by atoms with Crippen LogP contribution in [0.25, 0.3) is 11.0 Å². The molecule has 1 aromatic heterocycles. The summed E-state index contributed by atoms with van der Waals surface area (Å²) >= 11 is 0. The maximum atomic E-state index is 5.93. The summed E-state index contributed by atoms with van der Waals surface area (Å²) in [7, 11) is 3.81. The minimum absolute atomic E-state index is 0.397. The summed E-state index contributed by atoms with van der Waals surface area (Å²) in [4.78, 5) is 7.46. The first kappa shape index (κ1) is 17.9. The van der Waals surface area contributed by atoms with E-state index in [0.717, 1.165) is 36.5 Å². The lowest BCUT2D eigenvalue weighted by Crippen LogP contribution is -2.27. The van der Waals surface area contributed by atoms with Crippen LogP contribution in [0, 0.1) is 0 Å². The third kappa shape index (κ3) is 3.65. The lowest BCUT2D eigenvalue weighted by molar-refractivity contribution is 0.212. The number of nitrogens with zero attached hydrogens (tertiary/aromatic N) is 3. The van der Waals surface area contributed by atoms with Crippen molar-refractivity contribution in [2.45, 2.75) is 25.3 Å². The van der Waals surface area contributed by atoms with Crippen molar-refractivity contribution in [3.05, 3.63) is 54.4 Å². The van der Waals surface area contributed by atoms with E-state index in [1.54, 1.807) is 7.11 Å². The fourth-order valence-corrected chi connectivity index (χ4v) is 4.04. The molecule has 5 nitrogen and oxygen atoms in total. The van der Waals surface area contributed by atoms with Crippen molar-refractivity contribution < 1.29 is 9.47 Å². The average Bonchev–Trinajstić information content (AvgIpc) is 3.30. The van der Waals surface area contributed by atoms with E-state index in [1.165, 1.54) is 24.2 Å². The maximum Gasteiger partial charge on any atom is 0.161 e. The Kier molecular flexibility index (Phi) is 5.30. The standard InChI is InChI=1S/C22H27N3O2/c1-24-18-10-4-3-9-17(18)23-22(24)19-11-7-14-25(19)15-8-16-27-21-13-6-5-12-20(21)26-2/h3-6,9-10,12-13,19H,7-8,11,14-16H2,1-2H3/t19-/m1/s1. The van der Waals surface area contributed by atoms with Gasteiger partial charge in [-0.3, -0.25) is 4.90 Å². The minimum Gasteiger partial charge on any atom is -0.493 e. The second-order valence-electron chi connectivity index (χ2n) is 7.06. The molecule has 1 fully saturated rings. The first-order valence-electron chi connectivity index (χ1n) is 9.69. The van der Waals surface area contributed by atoms with Crippen LogP contribution in [-0.2, 0) is 7.05 Å². The first-order chi connectivity index (χ1) is 13.3. The molecule has 27 heavy (non-hydrogen) atoms. The molecular formula is C22H27N3O2. The largest absolute Gasteiger partial charge is 0.493 e. The monoisotopic (exact) mass is 365 g/mol. The molecule has 0 saturated carbocycles. The van der Waals surface area contributed by atoms with E-state index in [0.29, 0.717) is 12.6 Å². The Balaban J connectivity index is 1.38. The van der Waals surface area contributed by atoms with Crippen molar-refractivity contribution in [3.8, 4) is 11.5 Å². The Morgan fingerprint density at radius 3 is 2.67 bits per heavy atom. The molecule has 2 aromatic carbocycles. The van der Waals surface area contributed by atoms with Crippen LogP contribution in [0.2, 0.25) is 0 Å². The van der Waals surface area contributed by atoms with Gasteiger partial charge in [0.05, 0.1) is 30.8 Å². The average molecular weight is 365 g/mol. The van der Waals surface area contributed by atoms with E-state index in [2.05, 4.69) is 40.8 Å². The fraction of sp³-hybridized carbons (Fsp3) is 0.409. The molecule has 0 N–H and O–H groups in total. The number of rotatable bonds is 7. The molecule has 0 radical (unpaired) electrons. The zero-order chi connectivity index (χ0) is 18.6. The van der Waals surface area contributed by atoms with Gasteiger partial charge >= 0.3 is 0 Å². The van der Waals surface area contributed by atoms with Gasteiger partial charge in [0.25, 0.3) is 0 Å². The molecule has 0 unspecified atom stereocenters. The Morgan fingerprint density at radius 1 is 1.07 bits per heavy atom. The van der Waals surface area contributed by atoms with Crippen molar-refractivity contribution in [1.82, 2.24) is 14.5 Å². The summed E-state index contributed by atoms with van der Waals surface area (Å²) in [6.07, 6.45) is 3.38. The van der Waals surface area contributed by atoms with Gasteiger partial charge in [-0.05, 0) is 50.1 Å². The van der Waals surface area contributed by atoms with Crippen molar-refractivity contribution in [2.24, 2.45) is 7.05 Å². The molecule has 0 amide bonds. The summed E-state index contributed by atoms with van der Waals surface area (Å²) in [6.45, 7) is 2.83. The number of likely N-dealkylation sites (tertiary alicyclic amines) is 1. The Morgan fingerprint density at radius 2 is 1.85 bits per heavy atom. The van der Waals surface area contributed by atoms with E-state index < -0.39 is 0 Å². The van der Waals surface area contributed by atoms with Crippen LogP contribution in [0.1, 0.15) is 31.1 Å². The summed E-state index contributed by atoms with van der Waals surface area (Å²) in [5, 5.41) is 0. The second-order valence-corrected chi connectivity index (χ2v) is 7.06. The quantitative estimate of drug-likeness (QED) is 0.589. The van der Waals surface area contributed by atoms with Gasteiger partial charge < -0.3 is 14.0 Å². The highest BCUT2D eigenvalue weighted by Crippen LogP contribution is 2.33. The number of fused-ring (bicyclic) bond motifs is 1. The van der Waals surface area contributed by atoms with Crippen molar-refractivity contribution in [3.63, 3.8) is 0 Å². The summed E-state index contributed by atoms with van der Waals surface area (Å²) in [5.74, 6) is 2.78. The molecule has 142 valence electrons. The van der Waals surface area contributed by atoms with Gasteiger partial charge in [0.15, 0.2) is 11.5 Å². The number of para-hydroxylation sites is 4. The third-order valence-corrected chi connectivity index (χ3v) is 5.40. The van der Waals surface area contributed by atoms with Crippen molar-refractivity contribution >= 4 is 11.0 Å². The van der Waals surface area contributed by atoms with Crippen LogP contribution >= 0.6 is 0 Å². The van der Waals surface area contributed by atoms with Crippen molar-refractivity contribution in [1.29, 1.82) is 0 Å². The number of hydrogen-bond acceptors (Lipinski definition) is 4. The van der Waals surface area contributed by atoms with Gasteiger partial charge in [-0.1, -0.05) is 24.3 Å². The molecule has 0 spiro atoms. The van der Waals surface area contributed by atoms with Gasteiger partial charge in [0.2, 0.25) is 0 Å². The topological polar surface area (TPSA) is 39.5 Å². The number of ether oxygens (including phenoxy) is 2. The Bertz CT molecular complexity index is 905. The van der Waals surface area contributed by atoms with Crippen LogP contribution < -0.4 is 9.47 Å². The number of methoxy groups -OCH3 is 1. The fourth-order valence-electron chi connectivity index (χ4n) is 4.04. The Labute approximate surface area is 160 Å². The van der Waals surface area contributed by atoms with Gasteiger partial charge in [-0.2, -0.15) is 0 Å². The van der Waals surface area contributed by atoms with Gasteiger partial charge in [-0.25, -0.2) is 4.98 Å². The molecule has 5 heteroatoms. The highest BCUT2D eigenvalue weighted by atomic mass is 16.5. The first-order valence-corrected chi connectivity index (χ1v) is 9.69. The highest BCUT2D eigenvalue weighted by Gasteiger charge is 2.29. The molecule has 1 aliphatic heterocycles. The number of benzene rings is 2. The molecule has 1 saturated heterocycles. The number of imidazole rings is 1. The van der Waals surface area contributed by atoms with Crippen LogP contribution in [0.3, 0.4) is 0 Å². The van der Waals surface area contributed by atoms with Crippen LogP contribution in [0.4, 0.5) is 0 Å². The zero-order valence-corrected chi connectivity index (χ0v) is 16.1. The van der Waals surface area contributed by atoms with E-state index in [-0.39, 0.29) is 0 Å². The molecular weight excluding hydrogens is 338 g/mol. The molecule has 4 rings (SSSR count). The predicted molar refractivity (Wildman–Crippen MR) is 107 cm³/mol. The van der Waals surface area contributed by atoms with Crippen LogP contribution in [-0.4, -0.2) is 41.3 Å². The molecule has 1 atom stereocenters. The molecule has 1 aliphatic rings. The molecule has 3 aromatic rings. The highest BCUT2D eigenvalue weighted by molar-refractivity contribution is 5.75. The molecule has 0 bridgehead atoms. The van der Waals surface area contributed by atoms with E-state index in [9.17, 15) is 0 Å². The number of aromatic nitrogens is 2. The smallest absolute Gasteiger partial charge is 0.161 e. The Hall–Kier alpha value is -2.53. The normalized spacial score (nSPS) is 17.5. The lowest BCUT2D eigenvalue weighted by Gasteiger charge is -2.24. The van der Waals surface area contributed by atoms with E-state index in [4.69, 9.17) is 14.5 Å². The second kappa shape index (κ2) is 8.01. The maximum absolute atomic E-state index is 5.93. The van der Waals surface area contributed by atoms with Crippen LogP contribution in [0.5, 0.6) is 11.5 Å². The molecule has 2 heterocycles. The minimum atomic E-state index is 0.397. The van der Waals surface area contributed by atoms with Gasteiger partial charge in [0.1, 0.15) is 5.82 Å². The third-order valence-electron chi connectivity index (χ3n) is 5.40. The SMILES string of the molecule is COc1ccccc1OCCCN1CCC[C@@H]1c1nc2ccccc2n1C. The summed E-state index contributed by atoms with van der Waals surface area (Å²) < 4.78 is 13.5. The summed E-state index contributed by atoms with van der Waals surface area (Å²) in [6, 6.07) is 16.6. The van der Waals surface area contributed by atoms with E-state index in [1.807, 2.05) is 24.3 Å². The van der Waals surface area contributed by atoms with Crippen molar-refractivity contribution in [2.75, 3.05) is 26.8 Å². The molecule has 0 aliphatic carbocycles. The van der Waals surface area contributed by atoms with Crippen LogP contribution in [0.15, 0.2) is 48.5 Å². The number of aryl methyl sites for hydroxylation is 1. The van der Waals surface area contributed by atoms with E-state index >= 15 is 0 Å². The zero-order valence-electron chi connectivity index (χ0n) is 16.1. The number of hydrogen-bond donors (Lipinski definition) is 0. The predicted octanol–water partition coefficient (Wildman–Crippen LogP) is 4.19.